The molecule has 1 saturated carbocycles. The zero-order valence-electron chi connectivity index (χ0n) is 16.9. The SMILES string of the molecule is Cc1cc(-c2n[nH]c3cc(NC(=O)NCC4(c5ccc(F)cc5)CC4)ncc23)ccn1. The van der Waals surface area contributed by atoms with Gasteiger partial charge in [0.1, 0.15) is 17.3 Å². The number of rotatable bonds is 5. The zero-order valence-corrected chi connectivity index (χ0v) is 16.9. The minimum Gasteiger partial charge on any atom is -0.337 e. The highest BCUT2D eigenvalue weighted by atomic mass is 19.1. The van der Waals surface area contributed by atoms with Gasteiger partial charge < -0.3 is 5.32 Å². The Labute approximate surface area is 178 Å². The second-order valence-corrected chi connectivity index (χ2v) is 7.97. The largest absolute Gasteiger partial charge is 0.337 e. The maximum absolute atomic E-state index is 13.2. The summed E-state index contributed by atoms with van der Waals surface area (Å²) < 4.78 is 13.2. The summed E-state index contributed by atoms with van der Waals surface area (Å²) in [6.45, 7) is 2.42. The fraction of sp³-hybridized carbons (Fsp3) is 0.217. The Kier molecular flexibility index (Phi) is 4.62. The van der Waals surface area contributed by atoms with Crippen LogP contribution in [0.15, 0.2) is 54.9 Å². The molecule has 3 aromatic heterocycles. The Morgan fingerprint density at radius 2 is 1.97 bits per heavy atom. The number of amides is 2. The molecular weight excluding hydrogens is 395 g/mol. The van der Waals surface area contributed by atoms with Crippen LogP contribution in [0.3, 0.4) is 0 Å². The third-order valence-electron chi connectivity index (χ3n) is 5.76. The van der Waals surface area contributed by atoms with Gasteiger partial charge in [-0.3, -0.25) is 15.4 Å². The van der Waals surface area contributed by atoms with E-state index >= 15 is 0 Å². The van der Waals surface area contributed by atoms with E-state index in [1.54, 1.807) is 30.6 Å². The molecule has 4 aromatic rings. The number of urea groups is 1. The van der Waals surface area contributed by atoms with Crippen LogP contribution in [0.2, 0.25) is 0 Å². The summed E-state index contributed by atoms with van der Waals surface area (Å²) in [5, 5.41) is 14.0. The van der Waals surface area contributed by atoms with E-state index in [0.717, 1.165) is 46.3 Å². The lowest BCUT2D eigenvalue weighted by atomic mass is 9.96. The molecule has 0 radical (unpaired) electrons. The van der Waals surface area contributed by atoms with Crippen molar-refractivity contribution in [2.24, 2.45) is 0 Å². The summed E-state index contributed by atoms with van der Waals surface area (Å²) in [5.41, 5.74) is 4.37. The van der Waals surface area contributed by atoms with Gasteiger partial charge in [0, 0.05) is 47.1 Å². The molecule has 5 rings (SSSR count). The van der Waals surface area contributed by atoms with E-state index < -0.39 is 0 Å². The number of carbonyl (C=O) groups excluding carboxylic acids is 1. The van der Waals surface area contributed by atoms with E-state index in [2.05, 4.69) is 30.8 Å². The van der Waals surface area contributed by atoms with Gasteiger partial charge in [-0.1, -0.05) is 12.1 Å². The summed E-state index contributed by atoms with van der Waals surface area (Å²) in [7, 11) is 0. The van der Waals surface area contributed by atoms with Gasteiger partial charge in [0.2, 0.25) is 0 Å². The van der Waals surface area contributed by atoms with E-state index in [4.69, 9.17) is 0 Å². The topological polar surface area (TPSA) is 95.6 Å². The molecule has 0 spiro atoms. The maximum atomic E-state index is 13.2. The van der Waals surface area contributed by atoms with E-state index in [9.17, 15) is 9.18 Å². The van der Waals surface area contributed by atoms with E-state index in [1.165, 1.54) is 12.1 Å². The fourth-order valence-electron chi connectivity index (χ4n) is 3.83. The van der Waals surface area contributed by atoms with Crippen LogP contribution in [-0.2, 0) is 5.41 Å². The molecular formula is C23H21FN6O. The van der Waals surface area contributed by atoms with Crippen LogP contribution >= 0.6 is 0 Å². The summed E-state index contributed by atoms with van der Waals surface area (Å²) in [6, 6.07) is 11.8. The number of pyridine rings is 2. The summed E-state index contributed by atoms with van der Waals surface area (Å²) in [6.07, 6.45) is 5.38. The lowest BCUT2D eigenvalue weighted by Gasteiger charge is -2.17. The number of benzene rings is 1. The van der Waals surface area contributed by atoms with Gasteiger partial charge in [-0.2, -0.15) is 5.10 Å². The number of aryl methyl sites for hydroxylation is 1. The number of carbonyl (C=O) groups is 1. The normalized spacial score (nSPS) is 14.4. The van der Waals surface area contributed by atoms with E-state index in [0.29, 0.717) is 12.4 Å². The maximum Gasteiger partial charge on any atom is 0.320 e. The van der Waals surface area contributed by atoms with E-state index in [1.807, 2.05) is 19.1 Å². The molecule has 0 bridgehead atoms. The second kappa shape index (κ2) is 7.46. The summed E-state index contributed by atoms with van der Waals surface area (Å²) in [4.78, 5) is 21.0. The van der Waals surface area contributed by atoms with Gasteiger partial charge in [0.15, 0.2) is 0 Å². The molecule has 3 heterocycles. The highest BCUT2D eigenvalue weighted by Crippen LogP contribution is 2.47. The predicted octanol–water partition coefficient (Wildman–Crippen LogP) is 4.32. The first-order valence-corrected chi connectivity index (χ1v) is 10.1. The van der Waals surface area contributed by atoms with Crippen LogP contribution in [0, 0.1) is 12.7 Å². The zero-order chi connectivity index (χ0) is 21.4. The van der Waals surface area contributed by atoms with Crippen LogP contribution in [0.4, 0.5) is 15.0 Å². The molecule has 31 heavy (non-hydrogen) atoms. The number of fused-ring (bicyclic) bond motifs is 1. The van der Waals surface area contributed by atoms with Crippen molar-refractivity contribution in [1.29, 1.82) is 0 Å². The molecule has 3 N–H and O–H groups in total. The highest BCUT2D eigenvalue weighted by molar-refractivity contribution is 5.95. The van der Waals surface area contributed by atoms with Crippen molar-refractivity contribution in [2.45, 2.75) is 25.2 Å². The van der Waals surface area contributed by atoms with Crippen molar-refractivity contribution in [3.8, 4) is 11.3 Å². The minimum atomic E-state index is -0.329. The second-order valence-electron chi connectivity index (χ2n) is 7.97. The number of aromatic nitrogens is 4. The third kappa shape index (κ3) is 3.84. The monoisotopic (exact) mass is 416 g/mol. The molecule has 1 fully saturated rings. The Balaban J connectivity index is 1.26. The lowest BCUT2D eigenvalue weighted by molar-refractivity contribution is 0.251. The number of H-pyrrole nitrogens is 1. The molecule has 0 unspecified atom stereocenters. The molecule has 1 aliphatic carbocycles. The Morgan fingerprint density at radius 3 is 2.71 bits per heavy atom. The quantitative estimate of drug-likeness (QED) is 0.451. The van der Waals surface area contributed by atoms with Gasteiger partial charge >= 0.3 is 6.03 Å². The van der Waals surface area contributed by atoms with Crippen LogP contribution in [0.25, 0.3) is 22.2 Å². The van der Waals surface area contributed by atoms with Crippen LogP contribution in [0.1, 0.15) is 24.1 Å². The molecule has 0 saturated heterocycles. The van der Waals surface area contributed by atoms with Crippen molar-refractivity contribution in [1.82, 2.24) is 25.5 Å². The fourth-order valence-corrected chi connectivity index (χ4v) is 3.83. The van der Waals surface area contributed by atoms with Crippen molar-refractivity contribution < 1.29 is 9.18 Å². The molecule has 0 atom stereocenters. The number of anilines is 1. The van der Waals surface area contributed by atoms with Gasteiger partial charge in [-0.25, -0.2) is 14.2 Å². The summed E-state index contributed by atoms with van der Waals surface area (Å²) in [5.74, 6) is 0.172. The van der Waals surface area contributed by atoms with Crippen LogP contribution in [0.5, 0.6) is 0 Å². The number of aromatic amines is 1. The van der Waals surface area contributed by atoms with Crippen LogP contribution in [-0.4, -0.2) is 32.7 Å². The van der Waals surface area contributed by atoms with E-state index in [-0.39, 0.29) is 17.3 Å². The molecule has 2 amide bonds. The number of nitrogens with zero attached hydrogens (tertiary/aromatic N) is 3. The molecule has 8 heteroatoms. The molecule has 7 nitrogen and oxygen atoms in total. The van der Waals surface area contributed by atoms with Crippen molar-refractivity contribution in [3.63, 3.8) is 0 Å². The van der Waals surface area contributed by atoms with Gasteiger partial charge in [0.05, 0.1) is 5.52 Å². The van der Waals surface area contributed by atoms with Gasteiger partial charge in [-0.05, 0) is 49.6 Å². The average molecular weight is 416 g/mol. The first-order chi connectivity index (χ1) is 15.0. The molecule has 1 aromatic carbocycles. The number of hydrogen-bond donors (Lipinski definition) is 3. The first-order valence-electron chi connectivity index (χ1n) is 10.1. The number of hydrogen-bond acceptors (Lipinski definition) is 4. The molecule has 156 valence electrons. The van der Waals surface area contributed by atoms with Crippen LogP contribution < -0.4 is 10.6 Å². The van der Waals surface area contributed by atoms with Crippen molar-refractivity contribution in [2.75, 3.05) is 11.9 Å². The number of halogens is 1. The standard InChI is InChI=1S/C23H21FN6O/c1-14-10-15(6-9-25-14)21-18-12-26-20(11-19(18)29-30-21)28-22(31)27-13-23(7-8-23)16-2-4-17(24)5-3-16/h2-6,9-12H,7-8,13H2,1H3,(H,29,30)(H2,26,27,28,31). The predicted molar refractivity (Wildman–Crippen MR) is 116 cm³/mol. The number of nitrogens with one attached hydrogen (secondary N) is 3. The van der Waals surface area contributed by atoms with Gasteiger partial charge in [0.25, 0.3) is 0 Å². The van der Waals surface area contributed by atoms with Crippen molar-refractivity contribution in [3.05, 3.63) is 71.9 Å². The van der Waals surface area contributed by atoms with Gasteiger partial charge in [-0.15, -0.1) is 0 Å². The lowest BCUT2D eigenvalue weighted by Crippen LogP contribution is -2.35. The Morgan fingerprint density at radius 1 is 1.16 bits per heavy atom. The third-order valence-corrected chi connectivity index (χ3v) is 5.76. The Hall–Kier alpha value is -3.81. The molecule has 0 aliphatic heterocycles. The minimum absolute atomic E-state index is 0.108. The first kappa shape index (κ1) is 19.2. The average Bonchev–Trinajstić information content (AvgIpc) is 3.44. The highest BCUT2D eigenvalue weighted by Gasteiger charge is 2.44. The Bertz CT molecular complexity index is 1260. The smallest absolute Gasteiger partial charge is 0.320 e. The molecule has 1 aliphatic rings. The van der Waals surface area contributed by atoms with Crippen molar-refractivity contribution >= 4 is 22.8 Å². The summed E-state index contributed by atoms with van der Waals surface area (Å²) >= 11 is 0.